The van der Waals surface area contributed by atoms with E-state index in [1.807, 2.05) is 11.9 Å². The third-order valence-corrected chi connectivity index (χ3v) is 4.71. The molecule has 0 saturated carbocycles. The number of rotatable bonds is 7. The average molecular weight is 393 g/mol. The van der Waals surface area contributed by atoms with E-state index in [1.165, 1.54) is 12.4 Å². The van der Waals surface area contributed by atoms with Gasteiger partial charge in [-0.1, -0.05) is 36.7 Å². The Kier molecular flexibility index (Phi) is 6.51. The average Bonchev–Trinajstić information content (AvgIpc) is 2.58. The monoisotopic (exact) mass is 392 g/mol. The van der Waals surface area contributed by atoms with Crippen molar-refractivity contribution in [3.63, 3.8) is 0 Å². The normalized spacial score (nSPS) is 11.7. The highest BCUT2D eigenvalue weighted by Gasteiger charge is 2.21. The van der Waals surface area contributed by atoms with Gasteiger partial charge in [-0.2, -0.15) is 0 Å². The Morgan fingerprint density at radius 3 is 2.50 bits per heavy atom. The summed E-state index contributed by atoms with van der Waals surface area (Å²) in [6.45, 7) is 7.77. The third-order valence-electron chi connectivity index (χ3n) is 4.27. The van der Waals surface area contributed by atoms with Crippen LogP contribution in [0.25, 0.3) is 5.76 Å². The molecule has 0 radical (unpaired) electrons. The summed E-state index contributed by atoms with van der Waals surface area (Å²) in [5, 5.41) is 22.0. The summed E-state index contributed by atoms with van der Waals surface area (Å²) in [6, 6.07) is 5.28. The zero-order chi connectivity index (χ0) is 19.4. The Bertz CT molecular complexity index is 818. The Labute approximate surface area is 163 Å². The minimum absolute atomic E-state index is 0.0943. The van der Waals surface area contributed by atoms with Gasteiger partial charge >= 0.3 is 0 Å². The summed E-state index contributed by atoms with van der Waals surface area (Å²) < 4.78 is 0. The van der Waals surface area contributed by atoms with E-state index in [4.69, 9.17) is 28.6 Å². The fourth-order valence-electron chi connectivity index (χ4n) is 2.60. The van der Waals surface area contributed by atoms with E-state index in [0.717, 1.165) is 6.42 Å². The van der Waals surface area contributed by atoms with Crippen LogP contribution in [-0.2, 0) is 0 Å². The molecule has 0 aliphatic carbocycles. The lowest BCUT2D eigenvalue weighted by Gasteiger charge is -2.30. The number of nitrogens with zero attached hydrogens (tertiary/aromatic N) is 2. The molecule has 0 saturated heterocycles. The highest BCUT2D eigenvalue weighted by atomic mass is 35.5. The first-order chi connectivity index (χ1) is 12.3. The second kappa shape index (κ2) is 8.43. The molecule has 0 bridgehead atoms. The van der Waals surface area contributed by atoms with Crippen LogP contribution in [0.1, 0.15) is 31.4 Å². The fraction of sp³-hybridized carbons (Fsp3) is 0.263. The Morgan fingerprint density at radius 2 is 2.00 bits per heavy atom. The topological polar surface area (TPSA) is 72.2 Å². The summed E-state index contributed by atoms with van der Waals surface area (Å²) in [4.78, 5) is 6.37. The van der Waals surface area contributed by atoms with Crippen molar-refractivity contribution >= 4 is 52.4 Å². The molecule has 2 aromatic rings. The van der Waals surface area contributed by atoms with Crippen LogP contribution in [-0.4, -0.2) is 29.4 Å². The predicted octanol–water partition coefficient (Wildman–Crippen LogP) is 5.89. The highest BCUT2D eigenvalue weighted by molar-refractivity contribution is 6.35. The number of aromatic nitrogens is 1. The number of aliphatic hydroxyl groups excluding tert-OH is 1. The van der Waals surface area contributed by atoms with E-state index in [1.54, 1.807) is 18.2 Å². The molecule has 0 amide bonds. The molecule has 3 N–H and O–H groups in total. The molecule has 7 heteroatoms. The van der Waals surface area contributed by atoms with Gasteiger partial charge in [-0.15, -0.1) is 0 Å². The molecule has 0 fully saturated rings. The first kappa shape index (κ1) is 20.1. The van der Waals surface area contributed by atoms with Gasteiger partial charge < -0.3 is 20.7 Å². The number of pyridine rings is 1. The van der Waals surface area contributed by atoms with Crippen LogP contribution in [0, 0.1) is 5.41 Å². The van der Waals surface area contributed by atoms with Crippen molar-refractivity contribution in [3.05, 3.63) is 52.1 Å². The van der Waals surface area contributed by atoms with Crippen molar-refractivity contribution < 1.29 is 5.11 Å². The van der Waals surface area contributed by atoms with Gasteiger partial charge in [-0.3, -0.25) is 0 Å². The largest absolute Gasteiger partial charge is 0.508 e. The Balaban J connectivity index is 2.60. The molecule has 2 rings (SSSR count). The van der Waals surface area contributed by atoms with Crippen molar-refractivity contribution in [1.82, 2.24) is 4.98 Å². The fourth-order valence-corrected chi connectivity index (χ4v) is 3.13. The summed E-state index contributed by atoms with van der Waals surface area (Å²) in [5.74, 6) is 0.372. The second-order valence-corrected chi connectivity index (χ2v) is 6.90. The minimum Gasteiger partial charge on any atom is -0.508 e. The molecule has 26 heavy (non-hydrogen) atoms. The number of anilines is 3. The van der Waals surface area contributed by atoms with Crippen molar-refractivity contribution in [2.45, 2.75) is 26.3 Å². The molecule has 0 aliphatic rings. The van der Waals surface area contributed by atoms with E-state index in [-0.39, 0.29) is 11.8 Å². The Hall–Kier alpha value is -2.24. The van der Waals surface area contributed by atoms with Gasteiger partial charge in [-0.05, 0) is 31.5 Å². The van der Waals surface area contributed by atoms with Gasteiger partial charge in [0.05, 0.1) is 16.8 Å². The first-order valence-electron chi connectivity index (χ1n) is 8.16. The van der Waals surface area contributed by atoms with Crippen LogP contribution in [0.3, 0.4) is 0 Å². The number of hydrogen-bond acceptors (Lipinski definition) is 5. The Morgan fingerprint density at radius 1 is 1.38 bits per heavy atom. The molecular weight excluding hydrogens is 371 g/mol. The molecule has 5 nitrogen and oxygen atoms in total. The number of halogens is 2. The van der Waals surface area contributed by atoms with Gasteiger partial charge in [0.1, 0.15) is 11.6 Å². The van der Waals surface area contributed by atoms with Crippen LogP contribution < -0.4 is 10.2 Å². The second-order valence-electron chi connectivity index (χ2n) is 6.03. The van der Waals surface area contributed by atoms with Crippen molar-refractivity contribution in [1.29, 1.82) is 5.41 Å². The summed E-state index contributed by atoms with van der Waals surface area (Å²) in [5.41, 5.74) is 2.37. The van der Waals surface area contributed by atoms with Crippen LogP contribution in [0.15, 0.2) is 31.0 Å². The van der Waals surface area contributed by atoms with Gasteiger partial charge in [-0.25, -0.2) is 4.98 Å². The summed E-state index contributed by atoms with van der Waals surface area (Å²) in [6.07, 6.45) is 3.65. The van der Waals surface area contributed by atoms with E-state index >= 15 is 0 Å². The van der Waals surface area contributed by atoms with Crippen LogP contribution >= 0.6 is 23.2 Å². The van der Waals surface area contributed by atoms with Crippen molar-refractivity contribution in [2.24, 2.45) is 0 Å². The van der Waals surface area contributed by atoms with Gasteiger partial charge in [0, 0.05) is 41.2 Å². The third kappa shape index (κ3) is 4.29. The van der Waals surface area contributed by atoms with Crippen LogP contribution in [0.4, 0.5) is 17.2 Å². The van der Waals surface area contributed by atoms with Crippen LogP contribution in [0.2, 0.25) is 10.0 Å². The van der Waals surface area contributed by atoms with E-state index in [2.05, 4.69) is 30.7 Å². The molecule has 0 spiro atoms. The van der Waals surface area contributed by atoms with Crippen LogP contribution in [0.5, 0.6) is 0 Å². The summed E-state index contributed by atoms with van der Waals surface area (Å²) in [7, 11) is 1.92. The SMILES string of the molecule is C=C(O)c1cnc(Nc2cc(Cl)cc(Cl)c2)c(C=N)c1N(C)C(C)CC. The minimum atomic E-state index is -0.0943. The molecular formula is C19H22Cl2N4O. The number of aliphatic hydroxyl groups is 1. The lowest BCUT2D eigenvalue weighted by atomic mass is 10.1. The number of hydrogen-bond donors (Lipinski definition) is 3. The van der Waals surface area contributed by atoms with E-state index in [9.17, 15) is 5.11 Å². The zero-order valence-electron chi connectivity index (χ0n) is 15.0. The predicted molar refractivity (Wildman–Crippen MR) is 112 cm³/mol. The molecule has 1 aromatic carbocycles. The van der Waals surface area contributed by atoms with Gasteiger partial charge in [0.15, 0.2) is 0 Å². The maximum Gasteiger partial charge on any atom is 0.141 e. The van der Waals surface area contributed by atoms with E-state index < -0.39 is 0 Å². The van der Waals surface area contributed by atoms with Gasteiger partial charge in [0.25, 0.3) is 0 Å². The maximum absolute atomic E-state index is 9.99. The zero-order valence-corrected chi connectivity index (χ0v) is 16.5. The molecule has 1 atom stereocenters. The molecule has 1 heterocycles. The highest BCUT2D eigenvalue weighted by Crippen LogP contribution is 2.34. The number of nitrogens with one attached hydrogen (secondary N) is 2. The lowest BCUT2D eigenvalue weighted by Crippen LogP contribution is -2.30. The van der Waals surface area contributed by atoms with Crippen molar-refractivity contribution in [2.75, 3.05) is 17.3 Å². The quantitative estimate of drug-likeness (QED) is 0.405. The lowest BCUT2D eigenvalue weighted by molar-refractivity contribution is 0.513. The summed E-state index contributed by atoms with van der Waals surface area (Å²) >= 11 is 12.1. The maximum atomic E-state index is 9.99. The standard InChI is InChI=1S/C19H22Cl2N4O/c1-5-11(2)25(4)18-16(9-22)19(23-10-17(18)12(3)26)24-15-7-13(20)6-14(21)8-15/h6-11,22,26H,3,5H2,1-2,4H3,(H,23,24). The van der Waals surface area contributed by atoms with Gasteiger partial charge in [0.2, 0.25) is 0 Å². The van der Waals surface area contributed by atoms with E-state index in [0.29, 0.717) is 38.4 Å². The first-order valence-corrected chi connectivity index (χ1v) is 8.91. The molecule has 1 aromatic heterocycles. The number of benzene rings is 1. The molecule has 1 unspecified atom stereocenters. The van der Waals surface area contributed by atoms with Crippen molar-refractivity contribution in [3.8, 4) is 0 Å². The molecule has 0 aliphatic heterocycles. The smallest absolute Gasteiger partial charge is 0.141 e. The molecule has 138 valence electrons.